The van der Waals surface area contributed by atoms with E-state index in [0.29, 0.717) is 11.5 Å². The Bertz CT molecular complexity index is 993. The van der Waals surface area contributed by atoms with Crippen molar-refractivity contribution in [1.29, 1.82) is 0 Å². The minimum Gasteiger partial charge on any atom is -0.454 e. The maximum Gasteiger partial charge on any atom is 0.324 e. The first kappa shape index (κ1) is 20.6. The fourth-order valence-electron chi connectivity index (χ4n) is 2.51. The highest BCUT2D eigenvalue weighted by Gasteiger charge is 2.23. The lowest BCUT2D eigenvalue weighted by Crippen LogP contribution is -2.40. The number of hydrogen-bond acceptors (Lipinski definition) is 7. The van der Waals surface area contributed by atoms with Crippen LogP contribution in [0.3, 0.4) is 0 Å². The number of rotatable bonds is 8. The van der Waals surface area contributed by atoms with Gasteiger partial charge in [0.2, 0.25) is 16.8 Å². The highest BCUT2D eigenvalue weighted by Crippen LogP contribution is 2.32. The number of benzene rings is 2. The van der Waals surface area contributed by atoms with Gasteiger partial charge in [-0.25, -0.2) is 8.42 Å². The van der Waals surface area contributed by atoms with Crippen LogP contribution in [0.15, 0.2) is 53.4 Å². The molecule has 0 bridgehead atoms. The first-order valence-corrected chi connectivity index (χ1v) is 10.2. The summed E-state index contributed by atoms with van der Waals surface area (Å²) in [6, 6.07) is 11.7. The molecular formula is C19H20N2O7S. The van der Waals surface area contributed by atoms with E-state index in [1.54, 1.807) is 36.4 Å². The van der Waals surface area contributed by atoms with Crippen molar-refractivity contribution in [1.82, 2.24) is 10.0 Å². The topological polar surface area (TPSA) is 120 Å². The van der Waals surface area contributed by atoms with Gasteiger partial charge in [-0.05, 0) is 36.8 Å². The van der Waals surface area contributed by atoms with Crippen molar-refractivity contribution in [2.45, 2.75) is 24.4 Å². The molecular weight excluding hydrogens is 400 g/mol. The summed E-state index contributed by atoms with van der Waals surface area (Å²) in [5, 5.41) is 2.61. The summed E-state index contributed by atoms with van der Waals surface area (Å²) in [4.78, 5) is 23.9. The van der Waals surface area contributed by atoms with Crippen LogP contribution in [0.4, 0.5) is 0 Å². The van der Waals surface area contributed by atoms with Gasteiger partial charge in [0, 0.05) is 6.54 Å². The zero-order valence-corrected chi connectivity index (χ0v) is 16.4. The van der Waals surface area contributed by atoms with Crippen LogP contribution in [-0.4, -0.2) is 39.7 Å². The summed E-state index contributed by atoms with van der Waals surface area (Å²) < 4.78 is 42.0. The van der Waals surface area contributed by atoms with Crippen LogP contribution in [-0.2, 0) is 30.9 Å². The molecule has 3 rings (SSSR count). The van der Waals surface area contributed by atoms with Crippen molar-refractivity contribution >= 4 is 21.9 Å². The first-order chi connectivity index (χ1) is 13.8. The van der Waals surface area contributed by atoms with Crippen LogP contribution >= 0.6 is 0 Å². The number of carbonyl (C=O) groups is 2. The fourth-order valence-corrected chi connectivity index (χ4v) is 3.73. The van der Waals surface area contributed by atoms with Crippen molar-refractivity contribution in [3.63, 3.8) is 0 Å². The number of nitrogens with one attached hydrogen (secondary N) is 2. The number of carbonyl (C=O) groups excluding carboxylic acids is 2. The second kappa shape index (κ2) is 8.93. The maximum atomic E-state index is 12.2. The van der Waals surface area contributed by atoms with E-state index in [2.05, 4.69) is 10.0 Å². The lowest BCUT2D eigenvalue weighted by molar-refractivity contribution is -0.149. The van der Waals surface area contributed by atoms with Crippen LogP contribution in [0, 0.1) is 0 Å². The molecule has 9 nitrogen and oxygen atoms in total. The van der Waals surface area contributed by atoms with Crippen LogP contribution < -0.4 is 19.5 Å². The van der Waals surface area contributed by atoms with E-state index in [4.69, 9.17) is 14.2 Å². The highest BCUT2D eigenvalue weighted by atomic mass is 32.2. The molecule has 1 amide bonds. The summed E-state index contributed by atoms with van der Waals surface area (Å²) in [6.07, 6.45) is 0. The Morgan fingerprint density at radius 2 is 1.83 bits per heavy atom. The van der Waals surface area contributed by atoms with Gasteiger partial charge < -0.3 is 19.5 Å². The molecule has 1 heterocycles. The molecule has 2 N–H and O–H groups in total. The molecule has 0 radical (unpaired) electrons. The Kier molecular flexibility index (Phi) is 6.35. The number of ether oxygens (including phenoxy) is 3. The van der Waals surface area contributed by atoms with Crippen LogP contribution in [0.25, 0.3) is 0 Å². The van der Waals surface area contributed by atoms with E-state index in [1.807, 2.05) is 0 Å². The van der Waals surface area contributed by atoms with Crippen LogP contribution in [0.5, 0.6) is 11.5 Å². The largest absolute Gasteiger partial charge is 0.454 e. The average Bonchev–Trinajstić information content (AvgIpc) is 3.18. The number of hydrogen-bond donors (Lipinski definition) is 2. The third kappa shape index (κ3) is 5.46. The van der Waals surface area contributed by atoms with E-state index in [0.717, 1.165) is 5.56 Å². The molecule has 0 aliphatic carbocycles. The number of fused-ring (bicyclic) bond motifs is 1. The van der Waals surface area contributed by atoms with E-state index in [-0.39, 0.29) is 18.2 Å². The van der Waals surface area contributed by atoms with E-state index in [1.165, 1.54) is 19.1 Å². The van der Waals surface area contributed by atoms with Gasteiger partial charge >= 0.3 is 5.97 Å². The van der Waals surface area contributed by atoms with E-state index < -0.39 is 34.5 Å². The minimum absolute atomic E-state index is 0.0288. The zero-order chi connectivity index (χ0) is 20.9. The van der Waals surface area contributed by atoms with Crippen molar-refractivity contribution in [3.8, 4) is 11.5 Å². The summed E-state index contributed by atoms with van der Waals surface area (Å²) in [6.45, 7) is 1.19. The second-order valence-electron chi connectivity index (χ2n) is 6.23. The predicted octanol–water partition coefficient (Wildman–Crippen LogP) is 0.942. The lowest BCUT2D eigenvalue weighted by atomic mass is 10.2. The smallest absolute Gasteiger partial charge is 0.324 e. The molecule has 2 aromatic carbocycles. The van der Waals surface area contributed by atoms with Gasteiger partial charge in [-0.2, -0.15) is 4.72 Å². The van der Waals surface area contributed by atoms with Crippen molar-refractivity contribution in [2.75, 3.05) is 13.4 Å². The predicted molar refractivity (Wildman–Crippen MR) is 102 cm³/mol. The highest BCUT2D eigenvalue weighted by molar-refractivity contribution is 7.89. The number of esters is 1. The van der Waals surface area contributed by atoms with Gasteiger partial charge in [-0.1, -0.05) is 24.3 Å². The van der Waals surface area contributed by atoms with E-state index in [9.17, 15) is 18.0 Å². The van der Waals surface area contributed by atoms with Crippen LogP contribution in [0.1, 0.15) is 12.5 Å². The van der Waals surface area contributed by atoms with Gasteiger partial charge in [0.1, 0.15) is 6.04 Å². The van der Waals surface area contributed by atoms with Crippen molar-refractivity contribution in [3.05, 3.63) is 54.1 Å². The summed E-state index contributed by atoms with van der Waals surface area (Å²) in [7, 11) is -3.87. The quantitative estimate of drug-likeness (QED) is 0.610. The summed E-state index contributed by atoms with van der Waals surface area (Å²) >= 11 is 0. The third-order valence-electron chi connectivity index (χ3n) is 4.01. The molecule has 0 spiro atoms. The summed E-state index contributed by atoms with van der Waals surface area (Å²) in [5.74, 6) is -0.138. The molecule has 1 atom stereocenters. The molecule has 154 valence electrons. The molecule has 29 heavy (non-hydrogen) atoms. The van der Waals surface area contributed by atoms with Crippen molar-refractivity contribution in [2.24, 2.45) is 0 Å². The molecule has 0 aromatic heterocycles. The van der Waals surface area contributed by atoms with Gasteiger partial charge in [0.25, 0.3) is 5.91 Å². The molecule has 1 unspecified atom stereocenters. The monoisotopic (exact) mass is 420 g/mol. The Hall–Kier alpha value is -3.11. The lowest BCUT2D eigenvalue weighted by Gasteiger charge is -2.14. The van der Waals surface area contributed by atoms with E-state index >= 15 is 0 Å². The standard InChI is InChI=1S/C19H20N2O7S/c1-13(21-29(24,25)15-5-3-2-4-6-15)19(23)26-11-18(22)20-10-14-7-8-16-17(9-14)28-12-27-16/h2-9,13,21H,10-12H2,1H3,(H,20,22). The first-order valence-electron chi connectivity index (χ1n) is 8.74. The Balaban J connectivity index is 1.44. The number of amides is 1. The van der Waals surface area contributed by atoms with Gasteiger partial charge in [0.05, 0.1) is 4.90 Å². The average molecular weight is 420 g/mol. The zero-order valence-electron chi connectivity index (χ0n) is 15.6. The minimum atomic E-state index is -3.87. The number of sulfonamides is 1. The molecule has 10 heteroatoms. The molecule has 1 aliphatic heterocycles. The third-order valence-corrected chi connectivity index (χ3v) is 5.57. The normalized spacial score (nSPS) is 13.6. The molecule has 0 fully saturated rings. The van der Waals surface area contributed by atoms with Gasteiger partial charge in [-0.15, -0.1) is 0 Å². The second-order valence-corrected chi connectivity index (χ2v) is 7.94. The Morgan fingerprint density at radius 1 is 1.10 bits per heavy atom. The molecule has 0 saturated carbocycles. The van der Waals surface area contributed by atoms with Gasteiger partial charge in [0.15, 0.2) is 18.1 Å². The maximum absolute atomic E-state index is 12.2. The fraction of sp³-hybridized carbons (Fsp3) is 0.263. The summed E-state index contributed by atoms with van der Waals surface area (Å²) in [5.41, 5.74) is 0.790. The van der Waals surface area contributed by atoms with Gasteiger partial charge in [-0.3, -0.25) is 9.59 Å². The molecule has 1 aliphatic rings. The van der Waals surface area contributed by atoms with Crippen LogP contribution in [0.2, 0.25) is 0 Å². The Morgan fingerprint density at radius 3 is 2.59 bits per heavy atom. The van der Waals surface area contributed by atoms with Crippen molar-refractivity contribution < 1.29 is 32.2 Å². The molecule has 0 saturated heterocycles. The molecule has 2 aromatic rings. The Labute approximate surface area is 168 Å². The SMILES string of the molecule is CC(NS(=O)(=O)c1ccccc1)C(=O)OCC(=O)NCc1ccc2c(c1)OCO2.